The Bertz CT molecular complexity index is 1660. The Morgan fingerprint density at radius 2 is 1.43 bits per heavy atom. The van der Waals surface area contributed by atoms with E-state index in [1.165, 1.54) is 0 Å². The molecule has 0 bridgehead atoms. The number of carbonyl (C=O) groups excluding carboxylic acids is 2. The second-order valence-corrected chi connectivity index (χ2v) is 12.9. The number of pyridine rings is 1. The molecule has 0 spiro atoms. The van der Waals surface area contributed by atoms with Gasteiger partial charge in [0.25, 0.3) is 5.91 Å². The van der Waals surface area contributed by atoms with Crippen LogP contribution in [-0.2, 0) is 10.2 Å². The number of alkyl halides is 3. The van der Waals surface area contributed by atoms with Crippen molar-refractivity contribution in [2.24, 2.45) is 5.92 Å². The lowest BCUT2D eigenvalue weighted by molar-refractivity contribution is -0.141. The second kappa shape index (κ2) is 14.1. The molecule has 2 unspecified atom stereocenters. The average Bonchev–Trinajstić information content (AvgIpc) is 3.19. The van der Waals surface area contributed by atoms with Crippen molar-refractivity contribution in [1.29, 1.82) is 0 Å². The van der Waals surface area contributed by atoms with Crippen LogP contribution in [0.3, 0.4) is 0 Å². The van der Waals surface area contributed by atoms with Crippen LogP contribution >= 0.6 is 0 Å². The van der Waals surface area contributed by atoms with Crippen molar-refractivity contribution < 1.29 is 22.8 Å². The molecule has 6 rings (SSSR count). The second-order valence-electron chi connectivity index (χ2n) is 12.9. The zero-order valence-corrected chi connectivity index (χ0v) is 26.4. The smallest absolute Gasteiger partial charge is 0.348 e. The lowest BCUT2D eigenvalue weighted by Crippen LogP contribution is -2.47. The summed E-state index contributed by atoms with van der Waals surface area (Å²) in [5.74, 6) is -0.257. The van der Waals surface area contributed by atoms with Crippen LogP contribution in [0, 0.1) is 5.92 Å². The molecule has 47 heavy (non-hydrogen) atoms. The summed E-state index contributed by atoms with van der Waals surface area (Å²) >= 11 is 0. The maximum Gasteiger partial charge on any atom is 0.405 e. The first-order valence-corrected chi connectivity index (χ1v) is 16.6. The van der Waals surface area contributed by atoms with Crippen molar-refractivity contribution in [3.63, 3.8) is 0 Å². The predicted molar refractivity (Wildman–Crippen MR) is 178 cm³/mol. The van der Waals surface area contributed by atoms with Crippen LogP contribution in [0.15, 0.2) is 97.2 Å². The van der Waals surface area contributed by atoms with Gasteiger partial charge in [-0.05, 0) is 65.5 Å². The van der Waals surface area contributed by atoms with Crippen LogP contribution in [0.4, 0.5) is 13.2 Å². The minimum absolute atomic E-state index is 0.0743. The number of nitrogens with one attached hydrogen (secondary N) is 2. The minimum atomic E-state index is -4.49. The van der Waals surface area contributed by atoms with Crippen molar-refractivity contribution >= 4 is 11.8 Å². The minimum Gasteiger partial charge on any atom is -0.348 e. The van der Waals surface area contributed by atoms with Gasteiger partial charge in [-0.1, -0.05) is 117 Å². The van der Waals surface area contributed by atoms with Gasteiger partial charge in [-0.15, -0.1) is 0 Å². The molecule has 0 aliphatic heterocycles. The van der Waals surface area contributed by atoms with Crippen molar-refractivity contribution in [3.05, 3.63) is 114 Å². The zero-order valence-electron chi connectivity index (χ0n) is 26.4. The number of fused-ring (bicyclic) bond motifs is 3. The fourth-order valence-electron chi connectivity index (χ4n) is 7.61. The number of aromatic nitrogens is 1. The molecule has 0 radical (unpaired) electrons. The molecule has 1 heterocycles. The van der Waals surface area contributed by atoms with Crippen LogP contribution < -0.4 is 10.6 Å². The van der Waals surface area contributed by atoms with E-state index in [4.69, 9.17) is 0 Å². The van der Waals surface area contributed by atoms with E-state index < -0.39 is 24.0 Å². The van der Waals surface area contributed by atoms with Gasteiger partial charge in [-0.3, -0.25) is 14.6 Å². The van der Waals surface area contributed by atoms with Gasteiger partial charge in [0.05, 0.1) is 0 Å². The molecule has 1 fully saturated rings. The molecule has 244 valence electrons. The molecule has 5 nitrogen and oxygen atoms in total. The molecule has 8 heteroatoms. The molecule has 1 saturated carbocycles. The van der Waals surface area contributed by atoms with Gasteiger partial charge >= 0.3 is 6.18 Å². The third-order valence-electron chi connectivity index (χ3n) is 9.85. The Hall–Kier alpha value is -4.46. The number of halogens is 3. The van der Waals surface area contributed by atoms with Crippen molar-refractivity contribution in [2.45, 2.75) is 75.4 Å². The SMILES string of the molecule is O=C(NC1CCCC(CCCCC2(C(=O)NCC(F)(F)F)c3ccccc3-c3ccccc32)CC1)c1ncccc1-c1ccccc1. The Morgan fingerprint density at radius 1 is 0.766 bits per heavy atom. The first-order valence-electron chi connectivity index (χ1n) is 16.6. The molecule has 1 aromatic heterocycles. The molecule has 2 amide bonds. The Kier molecular flexibility index (Phi) is 9.76. The van der Waals surface area contributed by atoms with E-state index in [-0.39, 0.29) is 11.9 Å². The van der Waals surface area contributed by atoms with Crippen LogP contribution in [0.1, 0.15) is 79.4 Å². The summed E-state index contributed by atoms with van der Waals surface area (Å²) in [6, 6.07) is 28.8. The molecule has 4 aromatic rings. The molecular weight excluding hydrogens is 599 g/mol. The quantitative estimate of drug-likeness (QED) is 0.135. The predicted octanol–water partition coefficient (Wildman–Crippen LogP) is 8.63. The van der Waals surface area contributed by atoms with Gasteiger partial charge in [0.2, 0.25) is 5.91 Å². The van der Waals surface area contributed by atoms with E-state index >= 15 is 0 Å². The van der Waals surface area contributed by atoms with Crippen molar-refractivity contribution in [2.75, 3.05) is 6.54 Å². The summed E-state index contributed by atoms with van der Waals surface area (Å²) in [6.07, 6.45) is 5.00. The Morgan fingerprint density at radius 3 is 2.13 bits per heavy atom. The summed E-state index contributed by atoms with van der Waals surface area (Å²) in [5.41, 5.74) is 4.40. The Labute approximate surface area is 274 Å². The fourth-order valence-corrected chi connectivity index (χ4v) is 7.61. The van der Waals surface area contributed by atoms with Gasteiger partial charge in [-0.2, -0.15) is 13.2 Å². The first-order chi connectivity index (χ1) is 22.8. The monoisotopic (exact) mass is 639 g/mol. The van der Waals surface area contributed by atoms with Gasteiger partial charge in [0.15, 0.2) is 0 Å². The third kappa shape index (κ3) is 7.11. The molecule has 2 atom stereocenters. The van der Waals surface area contributed by atoms with Crippen LogP contribution in [0.25, 0.3) is 22.3 Å². The highest BCUT2D eigenvalue weighted by atomic mass is 19.4. The topological polar surface area (TPSA) is 71.1 Å². The zero-order chi connectivity index (χ0) is 32.9. The van der Waals surface area contributed by atoms with E-state index in [9.17, 15) is 22.8 Å². The van der Waals surface area contributed by atoms with Gasteiger partial charge in [0, 0.05) is 17.8 Å². The first kappa shape index (κ1) is 32.5. The molecule has 0 saturated heterocycles. The normalized spacial score (nSPS) is 18.4. The summed E-state index contributed by atoms with van der Waals surface area (Å²) in [5, 5.41) is 5.47. The van der Waals surface area contributed by atoms with Crippen molar-refractivity contribution in [1.82, 2.24) is 15.6 Å². The number of amides is 2. The summed E-state index contributed by atoms with van der Waals surface area (Å²) in [6.45, 7) is -1.36. The molecule has 2 N–H and O–H groups in total. The van der Waals surface area contributed by atoms with E-state index in [0.29, 0.717) is 24.5 Å². The number of hydrogen-bond acceptors (Lipinski definition) is 3. The number of hydrogen-bond donors (Lipinski definition) is 2. The summed E-state index contributed by atoms with van der Waals surface area (Å²) < 4.78 is 39.6. The number of nitrogens with zero attached hydrogens (tertiary/aromatic N) is 1. The summed E-state index contributed by atoms with van der Waals surface area (Å²) in [4.78, 5) is 31.5. The molecular formula is C39H40F3N3O2. The van der Waals surface area contributed by atoms with Gasteiger partial charge in [0.1, 0.15) is 17.7 Å². The number of benzene rings is 3. The maximum atomic E-state index is 13.8. The third-order valence-corrected chi connectivity index (χ3v) is 9.85. The molecule has 2 aliphatic rings. The van der Waals surface area contributed by atoms with Crippen LogP contribution in [0.5, 0.6) is 0 Å². The lowest BCUT2D eigenvalue weighted by atomic mass is 9.73. The van der Waals surface area contributed by atoms with E-state index in [2.05, 4.69) is 15.6 Å². The van der Waals surface area contributed by atoms with Gasteiger partial charge in [-0.25, -0.2) is 0 Å². The number of unbranched alkanes of at least 4 members (excludes halogenated alkanes) is 1. The maximum absolute atomic E-state index is 13.8. The number of rotatable bonds is 10. The Balaban J connectivity index is 1.08. The van der Waals surface area contributed by atoms with Gasteiger partial charge < -0.3 is 10.6 Å². The van der Waals surface area contributed by atoms with Crippen molar-refractivity contribution in [3.8, 4) is 22.3 Å². The van der Waals surface area contributed by atoms with E-state index in [1.54, 1.807) is 6.20 Å². The largest absolute Gasteiger partial charge is 0.405 e. The fraction of sp³-hybridized carbons (Fsp3) is 0.359. The summed E-state index contributed by atoms with van der Waals surface area (Å²) in [7, 11) is 0. The highest BCUT2D eigenvalue weighted by Gasteiger charge is 2.49. The van der Waals surface area contributed by atoms with Crippen LogP contribution in [-0.4, -0.2) is 35.6 Å². The average molecular weight is 640 g/mol. The van der Waals surface area contributed by atoms with E-state index in [1.807, 2.05) is 91.0 Å². The lowest BCUT2D eigenvalue weighted by Gasteiger charge is -2.31. The standard InChI is InChI=1S/C39H40F3N3O2/c40-39(41,42)26-44-37(47)38(33-20-6-4-17-31(33)32-18-5-7-21-34(32)38)24-9-8-12-27-13-10-16-29(23-22-27)45-36(46)35-30(19-11-25-43-35)28-14-2-1-3-15-28/h1-7,11,14-15,17-21,25,27,29H,8-10,12-13,16,22-24,26H2,(H,44,47)(H,45,46). The van der Waals surface area contributed by atoms with Crippen LogP contribution in [0.2, 0.25) is 0 Å². The molecule has 3 aromatic carbocycles. The number of carbonyl (C=O) groups is 2. The van der Waals surface area contributed by atoms with E-state index in [0.717, 1.165) is 78.3 Å². The molecule has 2 aliphatic carbocycles. The highest BCUT2D eigenvalue weighted by molar-refractivity contribution is 6.01. The highest BCUT2D eigenvalue weighted by Crippen LogP contribution is 2.51.